The number of carbonyl (C=O) groups is 2. The van der Waals surface area contributed by atoms with Crippen LogP contribution < -0.4 is 16.0 Å². The highest BCUT2D eigenvalue weighted by atomic mass is 16.2. The highest BCUT2D eigenvalue weighted by molar-refractivity contribution is 6.22. The zero-order valence-electron chi connectivity index (χ0n) is 13.0. The van der Waals surface area contributed by atoms with Crippen LogP contribution in [0.15, 0.2) is 61.2 Å². The predicted octanol–water partition coefficient (Wildman–Crippen LogP) is 2.85. The predicted molar refractivity (Wildman–Crippen MR) is 93.3 cm³/mol. The Morgan fingerprint density at radius 1 is 0.680 bits per heavy atom. The molecule has 122 valence electrons. The van der Waals surface area contributed by atoms with Crippen molar-refractivity contribution in [3.05, 3.63) is 72.3 Å². The lowest BCUT2D eigenvalue weighted by molar-refractivity contribution is 0.0879. The van der Waals surface area contributed by atoms with Crippen LogP contribution in [0.1, 0.15) is 20.7 Å². The summed E-state index contributed by atoms with van der Waals surface area (Å²) in [5.74, 6) is -0.790. The molecule has 0 saturated heterocycles. The van der Waals surface area contributed by atoms with E-state index >= 15 is 0 Å². The number of rotatable bonds is 4. The second-order valence-corrected chi connectivity index (χ2v) is 5.45. The van der Waals surface area contributed by atoms with Crippen molar-refractivity contribution < 1.29 is 9.59 Å². The highest BCUT2D eigenvalue weighted by Gasteiger charge is 2.28. The summed E-state index contributed by atoms with van der Waals surface area (Å²) in [7, 11) is 0. The van der Waals surface area contributed by atoms with Crippen molar-refractivity contribution in [2.45, 2.75) is 0 Å². The van der Waals surface area contributed by atoms with Gasteiger partial charge in [-0.15, -0.1) is 0 Å². The molecule has 3 N–H and O–H groups in total. The lowest BCUT2D eigenvalue weighted by atomic mass is 10.1. The number of benzene rings is 1. The molecule has 0 unspecified atom stereocenters. The lowest BCUT2D eigenvalue weighted by Gasteiger charge is -2.15. The molecule has 0 aliphatic carbocycles. The lowest BCUT2D eigenvalue weighted by Crippen LogP contribution is -2.19. The van der Waals surface area contributed by atoms with Gasteiger partial charge in [-0.05, 0) is 36.4 Å². The van der Waals surface area contributed by atoms with Gasteiger partial charge >= 0.3 is 0 Å². The minimum absolute atomic E-state index is 0.349. The van der Waals surface area contributed by atoms with Crippen molar-refractivity contribution in [3.8, 4) is 0 Å². The molecule has 1 aliphatic heterocycles. The van der Waals surface area contributed by atoms with E-state index in [0.717, 1.165) is 11.4 Å². The number of nitrogens with zero attached hydrogens (tertiary/aromatic N) is 2. The first-order chi connectivity index (χ1) is 12.2. The number of imide groups is 1. The third kappa shape index (κ3) is 2.90. The van der Waals surface area contributed by atoms with Crippen LogP contribution in [0.3, 0.4) is 0 Å². The van der Waals surface area contributed by atoms with E-state index in [1.807, 2.05) is 24.3 Å². The number of aromatic nitrogens is 2. The van der Waals surface area contributed by atoms with E-state index in [0.29, 0.717) is 22.5 Å². The van der Waals surface area contributed by atoms with E-state index in [4.69, 9.17) is 0 Å². The van der Waals surface area contributed by atoms with E-state index in [-0.39, 0.29) is 0 Å². The Labute approximate surface area is 143 Å². The summed E-state index contributed by atoms with van der Waals surface area (Å²) in [6, 6.07) is 10.6. The first-order valence-electron chi connectivity index (χ1n) is 7.58. The maximum Gasteiger partial charge on any atom is 0.259 e. The van der Waals surface area contributed by atoms with Gasteiger partial charge in [0.05, 0.1) is 22.5 Å². The van der Waals surface area contributed by atoms with Crippen LogP contribution in [0, 0.1) is 0 Å². The molecule has 0 fully saturated rings. The minimum Gasteiger partial charge on any atom is -0.354 e. The number of nitrogens with one attached hydrogen (secondary N) is 3. The second-order valence-electron chi connectivity index (χ2n) is 5.45. The summed E-state index contributed by atoms with van der Waals surface area (Å²) in [4.78, 5) is 31.9. The van der Waals surface area contributed by atoms with Crippen molar-refractivity contribution in [3.63, 3.8) is 0 Å². The maximum atomic E-state index is 12.0. The number of hydrogen-bond acceptors (Lipinski definition) is 6. The Kier molecular flexibility index (Phi) is 3.59. The van der Waals surface area contributed by atoms with Crippen LogP contribution in [0.5, 0.6) is 0 Å². The van der Waals surface area contributed by atoms with Crippen LogP contribution >= 0.6 is 0 Å². The van der Waals surface area contributed by atoms with Gasteiger partial charge in [0.15, 0.2) is 0 Å². The molecule has 0 radical (unpaired) electrons. The smallest absolute Gasteiger partial charge is 0.259 e. The summed E-state index contributed by atoms with van der Waals surface area (Å²) >= 11 is 0. The fourth-order valence-electron chi connectivity index (χ4n) is 2.60. The number of anilines is 4. The Bertz CT molecular complexity index is 879. The minimum atomic E-state index is -0.395. The van der Waals surface area contributed by atoms with Gasteiger partial charge in [-0.3, -0.25) is 24.9 Å². The molecule has 0 atom stereocenters. The molecule has 1 aromatic carbocycles. The molecular weight excluding hydrogens is 318 g/mol. The summed E-state index contributed by atoms with van der Waals surface area (Å²) in [6.07, 6.45) is 6.67. The number of carbonyl (C=O) groups excluding carboxylic acids is 2. The Morgan fingerprint density at radius 2 is 1.08 bits per heavy atom. The quantitative estimate of drug-likeness (QED) is 0.636. The third-order valence-corrected chi connectivity index (χ3v) is 3.79. The molecule has 0 bridgehead atoms. The zero-order chi connectivity index (χ0) is 17.2. The Hall–Kier alpha value is -3.74. The van der Waals surface area contributed by atoms with Gasteiger partial charge in [-0.25, -0.2) is 0 Å². The van der Waals surface area contributed by atoms with Crippen LogP contribution in [-0.4, -0.2) is 21.8 Å². The van der Waals surface area contributed by atoms with Gasteiger partial charge in [0.2, 0.25) is 0 Å². The normalized spacial score (nSPS) is 12.5. The number of pyridine rings is 2. The zero-order valence-corrected chi connectivity index (χ0v) is 13.0. The van der Waals surface area contributed by atoms with Crippen molar-refractivity contribution >= 4 is 34.6 Å². The molecule has 0 spiro atoms. The van der Waals surface area contributed by atoms with Crippen LogP contribution in [0.4, 0.5) is 22.7 Å². The topological polar surface area (TPSA) is 96.0 Å². The third-order valence-electron chi connectivity index (χ3n) is 3.79. The summed E-state index contributed by atoms with van der Waals surface area (Å²) in [5.41, 5.74) is 3.68. The molecule has 3 aromatic rings. The number of fused-ring (bicyclic) bond motifs is 1. The molecule has 7 nitrogen and oxygen atoms in total. The molecule has 4 rings (SSSR count). The van der Waals surface area contributed by atoms with Crippen molar-refractivity contribution in [1.82, 2.24) is 15.3 Å². The van der Waals surface area contributed by atoms with E-state index < -0.39 is 11.8 Å². The molecule has 25 heavy (non-hydrogen) atoms. The molecule has 1 aliphatic rings. The van der Waals surface area contributed by atoms with E-state index in [9.17, 15) is 9.59 Å². The Morgan fingerprint density at radius 3 is 1.48 bits per heavy atom. The monoisotopic (exact) mass is 331 g/mol. The van der Waals surface area contributed by atoms with Gasteiger partial charge in [0.1, 0.15) is 0 Å². The first-order valence-corrected chi connectivity index (χ1v) is 7.58. The van der Waals surface area contributed by atoms with Crippen molar-refractivity contribution in [2.24, 2.45) is 0 Å². The maximum absolute atomic E-state index is 12.0. The fourth-order valence-corrected chi connectivity index (χ4v) is 2.60. The molecule has 2 amide bonds. The van der Waals surface area contributed by atoms with Gasteiger partial charge in [0.25, 0.3) is 11.8 Å². The van der Waals surface area contributed by atoms with E-state index in [1.165, 1.54) is 0 Å². The van der Waals surface area contributed by atoms with Gasteiger partial charge in [-0.1, -0.05) is 0 Å². The first kappa shape index (κ1) is 14.8. The molecular formula is C18H13N5O2. The summed E-state index contributed by atoms with van der Waals surface area (Å²) in [6.45, 7) is 0. The SMILES string of the molecule is O=C1NC(=O)c2cc(Nc3ccncc3)c(Nc3ccncc3)cc21. The molecule has 3 heterocycles. The van der Waals surface area contributed by atoms with Gasteiger partial charge < -0.3 is 10.6 Å². The van der Waals surface area contributed by atoms with Crippen molar-refractivity contribution in [2.75, 3.05) is 10.6 Å². The molecule has 2 aromatic heterocycles. The second kappa shape index (κ2) is 6.04. The standard InChI is InChI=1S/C18H13N5O2/c24-17-13-9-15(21-11-1-5-19-6-2-11)16(10-14(13)18(25)23-17)22-12-3-7-20-8-4-12/h1-10H,(H,19,21)(H,20,22)(H,23,24,25). The average Bonchev–Trinajstić information content (AvgIpc) is 2.90. The van der Waals surface area contributed by atoms with Gasteiger partial charge in [0, 0.05) is 36.2 Å². The molecule has 0 saturated carbocycles. The van der Waals surface area contributed by atoms with Gasteiger partial charge in [-0.2, -0.15) is 0 Å². The fraction of sp³-hybridized carbons (Fsp3) is 0. The molecule has 7 heteroatoms. The largest absolute Gasteiger partial charge is 0.354 e. The van der Waals surface area contributed by atoms with Crippen LogP contribution in [-0.2, 0) is 0 Å². The number of amides is 2. The number of hydrogen-bond donors (Lipinski definition) is 3. The highest BCUT2D eigenvalue weighted by Crippen LogP contribution is 2.33. The van der Waals surface area contributed by atoms with E-state index in [1.54, 1.807) is 36.9 Å². The van der Waals surface area contributed by atoms with E-state index in [2.05, 4.69) is 25.9 Å². The van der Waals surface area contributed by atoms with Crippen LogP contribution in [0.25, 0.3) is 0 Å². The van der Waals surface area contributed by atoms with Crippen molar-refractivity contribution in [1.29, 1.82) is 0 Å². The van der Waals surface area contributed by atoms with Crippen LogP contribution in [0.2, 0.25) is 0 Å². The summed E-state index contributed by atoms with van der Waals surface area (Å²) in [5, 5.41) is 8.81. The Balaban J connectivity index is 1.78. The summed E-state index contributed by atoms with van der Waals surface area (Å²) < 4.78 is 0. The average molecular weight is 331 g/mol.